The number of carbonyl (C=O) groups is 1. The molecule has 0 spiro atoms. The van der Waals surface area contributed by atoms with Gasteiger partial charge in [-0.15, -0.1) is 0 Å². The van der Waals surface area contributed by atoms with Gasteiger partial charge in [0.1, 0.15) is 0 Å². The maximum absolute atomic E-state index is 13.3. The zero-order chi connectivity index (χ0) is 18.8. The number of piperazine rings is 1. The Balaban J connectivity index is 1.69. The molecule has 1 amide bonds. The van der Waals surface area contributed by atoms with E-state index in [9.17, 15) is 4.79 Å². The summed E-state index contributed by atoms with van der Waals surface area (Å²) in [6.45, 7) is 5.88. The van der Waals surface area contributed by atoms with E-state index in [1.165, 1.54) is 37.6 Å². The molecule has 0 bridgehead atoms. The van der Waals surface area contributed by atoms with Crippen LogP contribution in [0, 0.1) is 5.92 Å². The van der Waals surface area contributed by atoms with Gasteiger partial charge in [-0.2, -0.15) is 0 Å². The molecule has 1 saturated carbocycles. The lowest BCUT2D eigenvalue weighted by atomic mass is 9.83. The van der Waals surface area contributed by atoms with Crippen molar-refractivity contribution in [2.24, 2.45) is 5.92 Å². The van der Waals surface area contributed by atoms with Crippen molar-refractivity contribution in [1.29, 1.82) is 0 Å². The normalized spacial score (nSPS) is 20.9. The van der Waals surface area contributed by atoms with Crippen molar-refractivity contribution in [3.8, 4) is 0 Å². The first kappa shape index (κ1) is 18.5. The molecule has 0 N–H and O–H groups in total. The average molecular weight is 368 g/mol. The number of hydrogen-bond acceptors (Lipinski definition) is 2. The van der Waals surface area contributed by atoms with Gasteiger partial charge in [0.05, 0.1) is 5.56 Å². The highest BCUT2D eigenvalue weighted by atomic mass is 16.2. The molecule has 4 rings (SSSR count). The van der Waals surface area contributed by atoms with Crippen molar-refractivity contribution in [2.45, 2.75) is 51.5 Å². The Morgan fingerprint density at radius 2 is 1.78 bits per heavy atom. The van der Waals surface area contributed by atoms with Gasteiger partial charge in [0.2, 0.25) is 0 Å². The molecule has 2 aromatic rings. The van der Waals surface area contributed by atoms with E-state index in [1.54, 1.807) is 0 Å². The summed E-state index contributed by atoms with van der Waals surface area (Å²) in [5.74, 6) is 0.947. The van der Waals surface area contributed by atoms with Crippen LogP contribution >= 0.6 is 0 Å². The fourth-order valence-corrected chi connectivity index (χ4v) is 5.11. The molecule has 1 aliphatic carbocycles. The van der Waals surface area contributed by atoms with Gasteiger partial charge in [0.25, 0.3) is 5.91 Å². The first-order valence-electron chi connectivity index (χ1n) is 10.8. The minimum absolute atomic E-state index is 0.205. The lowest BCUT2D eigenvalue weighted by Crippen LogP contribution is -2.47. The van der Waals surface area contributed by atoms with Crippen LogP contribution in [0.4, 0.5) is 0 Å². The number of rotatable bonds is 4. The Labute approximate surface area is 163 Å². The summed E-state index contributed by atoms with van der Waals surface area (Å²) in [5.41, 5.74) is 2.12. The molecule has 1 aromatic carbocycles. The van der Waals surface area contributed by atoms with E-state index in [0.717, 1.165) is 49.5 Å². The molecule has 2 fully saturated rings. The van der Waals surface area contributed by atoms with E-state index in [-0.39, 0.29) is 5.91 Å². The molecular weight excluding hydrogens is 334 g/mol. The number of carbonyl (C=O) groups excluding carboxylic acids is 1. The van der Waals surface area contributed by atoms with Gasteiger partial charge in [0.15, 0.2) is 0 Å². The number of para-hydroxylation sites is 1. The number of fused-ring (bicyclic) bond motifs is 1. The third-order valence-corrected chi connectivity index (χ3v) is 6.73. The number of amides is 1. The lowest BCUT2D eigenvalue weighted by molar-refractivity contribution is 0.0665. The number of likely N-dealkylation sites (N-methyl/N-ethyl adjacent to an activating group) is 1. The van der Waals surface area contributed by atoms with Crippen LogP contribution in [0.15, 0.2) is 30.5 Å². The third kappa shape index (κ3) is 3.64. The molecule has 4 heteroatoms. The Morgan fingerprint density at radius 1 is 1.07 bits per heavy atom. The van der Waals surface area contributed by atoms with Gasteiger partial charge in [-0.25, -0.2) is 0 Å². The predicted molar refractivity (Wildman–Crippen MR) is 111 cm³/mol. The van der Waals surface area contributed by atoms with Crippen LogP contribution in [0.25, 0.3) is 10.9 Å². The van der Waals surface area contributed by atoms with Crippen molar-refractivity contribution < 1.29 is 4.79 Å². The topological polar surface area (TPSA) is 28.5 Å². The van der Waals surface area contributed by atoms with E-state index < -0.39 is 0 Å². The van der Waals surface area contributed by atoms with Gasteiger partial charge >= 0.3 is 0 Å². The Morgan fingerprint density at radius 3 is 2.48 bits per heavy atom. The van der Waals surface area contributed by atoms with Crippen LogP contribution in [0.2, 0.25) is 0 Å². The lowest BCUT2D eigenvalue weighted by Gasteiger charge is -2.32. The van der Waals surface area contributed by atoms with Gasteiger partial charge in [-0.3, -0.25) is 4.79 Å². The quantitative estimate of drug-likeness (QED) is 0.792. The summed E-state index contributed by atoms with van der Waals surface area (Å²) in [7, 11) is 2.13. The summed E-state index contributed by atoms with van der Waals surface area (Å²) in [6, 6.07) is 9.00. The second kappa shape index (κ2) is 8.05. The highest BCUT2D eigenvalue weighted by Crippen LogP contribution is 2.38. The van der Waals surface area contributed by atoms with Crippen LogP contribution in [-0.4, -0.2) is 53.5 Å². The standard InChI is InChI=1S/C23H33N3O/c1-3-21(18-9-5-4-6-10-18)26-17-20(19-11-7-8-12-22(19)26)23(27)25-15-13-24(2)14-16-25/h7-8,11-12,17-18,21H,3-6,9-10,13-16H2,1-2H3. The van der Waals surface area contributed by atoms with Gasteiger partial charge in [-0.05, 0) is 38.3 Å². The summed E-state index contributed by atoms with van der Waals surface area (Å²) >= 11 is 0. The number of hydrogen-bond donors (Lipinski definition) is 0. The first-order chi connectivity index (χ1) is 13.2. The molecule has 1 saturated heterocycles. The van der Waals surface area contributed by atoms with Crippen LogP contribution in [-0.2, 0) is 0 Å². The summed E-state index contributed by atoms with van der Waals surface area (Å²) in [4.78, 5) is 17.6. The second-order valence-corrected chi connectivity index (χ2v) is 8.44. The smallest absolute Gasteiger partial charge is 0.256 e. The van der Waals surface area contributed by atoms with Crippen LogP contribution < -0.4 is 0 Å². The molecule has 2 aliphatic rings. The zero-order valence-corrected chi connectivity index (χ0v) is 16.9. The number of aromatic nitrogens is 1. The summed E-state index contributed by atoms with van der Waals surface area (Å²) < 4.78 is 2.44. The Hall–Kier alpha value is -1.81. The van der Waals surface area contributed by atoms with E-state index >= 15 is 0 Å². The largest absolute Gasteiger partial charge is 0.343 e. The number of benzene rings is 1. The van der Waals surface area contributed by atoms with Gasteiger partial charge in [-0.1, -0.05) is 44.4 Å². The summed E-state index contributed by atoms with van der Waals surface area (Å²) in [6.07, 6.45) is 10.0. The van der Waals surface area contributed by atoms with E-state index in [2.05, 4.69) is 53.9 Å². The molecule has 4 nitrogen and oxygen atoms in total. The second-order valence-electron chi connectivity index (χ2n) is 8.44. The molecule has 1 aliphatic heterocycles. The van der Waals surface area contributed by atoms with Gasteiger partial charge < -0.3 is 14.4 Å². The maximum atomic E-state index is 13.3. The molecule has 1 unspecified atom stereocenters. The molecular formula is C23H33N3O. The predicted octanol–water partition coefficient (Wildman–Crippen LogP) is 4.56. The SMILES string of the molecule is CCC(C1CCCCC1)n1cc(C(=O)N2CCN(C)CC2)c2ccccc21. The van der Waals surface area contributed by atoms with E-state index in [4.69, 9.17) is 0 Å². The maximum Gasteiger partial charge on any atom is 0.256 e. The van der Waals surface area contributed by atoms with E-state index in [1.807, 2.05) is 4.90 Å². The first-order valence-corrected chi connectivity index (χ1v) is 10.8. The molecule has 1 aromatic heterocycles. The number of nitrogens with zero attached hydrogens (tertiary/aromatic N) is 3. The fourth-order valence-electron chi connectivity index (χ4n) is 5.11. The molecule has 27 heavy (non-hydrogen) atoms. The average Bonchev–Trinajstić information content (AvgIpc) is 3.09. The third-order valence-electron chi connectivity index (χ3n) is 6.73. The van der Waals surface area contributed by atoms with Crippen molar-refractivity contribution in [2.75, 3.05) is 33.2 Å². The van der Waals surface area contributed by atoms with Gasteiger partial charge in [0, 0.05) is 49.3 Å². The van der Waals surface area contributed by atoms with Crippen molar-refractivity contribution in [1.82, 2.24) is 14.4 Å². The Bertz CT molecular complexity index is 782. The minimum Gasteiger partial charge on any atom is -0.343 e. The summed E-state index contributed by atoms with van der Waals surface area (Å²) in [5, 5.41) is 1.12. The zero-order valence-electron chi connectivity index (χ0n) is 16.9. The highest BCUT2D eigenvalue weighted by molar-refractivity contribution is 6.07. The molecule has 146 valence electrons. The Kier molecular flexibility index (Phi) is 5.53. The molecule has 0 radical (unpaired) electrons. The van der Waals surface area contributed by atoms with Crippen LogP contribution in [0.3, 0.4) is 0 Å². The monoisotopic (exact) mass is 367 g/mol. The van der Waals surface area contributed by atoms with Crippen molar-refractivity contribution in [3.63, 3.8) is 0 Å². The van der Waals surface area contributed by atoms with Crippen LogP contribution in [0.5, 0.6) is 0 Å². The minimum atomic E-state index is 0.205. The van der Waals surface area contributed by atoms with Crippen LogP contribution in [0.1, 0.15) is 61.8 Å². The van der Waals surface area contributed by atoms with Crippen molar-refractivity contribution >= 4 is 16.8 Å². The van der Waals surface area contributed by atoms with Crippen molar-refractivity contribution in [3.05, 3.63) is 36.0 Å². The molecule has 2 heterocycles. The fraction of sp³-hybridized carbons (Fsp3) is 0.609. The highest BCUT2D eigenvalue weighted by Gasteiger charge is 2.28. The van der Waals surface area contributed by atoms with E-state index in [0.29, 0.717) is 6.04 Å². The molecule has 1 atom stereocenters.